The van der Waals surface area contributed by atoms with E-state index in [1.54, 1.807) is 25.0 Å². The fourth-order valence-corrected chi connectivity index (χ4v) is 2.31. The Morgan fingerprint density at radius 3 is 3.00 bits per heavy atom. The van der Waals surface area contributed by atoms with E-state index in [0.29, 0.717) is 12.3 Å². The van der Waals surface area contributed by atoms with Crippen LogP contribution < -0.4 is 20.3 Å². The maximum absolute atomic E-state index is 12.1. The number of amides is 3. The van der Waals surface area contributed by atoms with Crippen LogP contribution >= 0.6 is 0 Å². The Bertz CT molecular complexity index is 547. The van der Waals surface area contributed by atoms with Crippen molar-refractivity contribution in [3.8, 4) is 5.75 Å². The molecule has 0 radical (unpaired) electrons. The number of rotatable bonds is 5. The molecule has 1 saturated heterocycles. The highest BCUT2D eigenvalue weighted by atomic mass is 16.5. The molecule has 7 heteroatoms. The summed E-state index contributed by atoms with van der Waals surface area (Å²) in [5.41, 5.74) is 0.748. The predicted octanol–water partition coefficient (Wildman–Crippen LogP) is 0.481. The zero-order chi connectivity index (χ0) is 16.1. The smallest absolute Gasteiger partial charge is 0.315 e. The number of hydrogen-bond acceptors (Lipinski definition) is 4. The van der Waals surface area contributed by atoms with Crippen LogP contribution in [0.4, 0.5) is 10.5 Å². The lowest BCUT2D eigenvalue weighted by molar-refractivity contribution is -0.117. The van der Waals surface area contributed by atoms with Crippen LogP contribution in [0.5, 0.6) is 5.75 Å². The molecule has 2 rings (SSSR count). The van der Waals surface area contributed by atoms with Crippen molar-refractivity contribution >= 4 is 17.6 Å². The normalized spacial score (nSPS) is 19.0. The van der Waals surface area contributed by atoms with Gasteiger partial charge in [0.25, 0.3) is 0 Å². The summed E-state index contributed by atoms with van der Waals surface area (Å²) < 4.78 is 5.15. The number of carbonyl (C=O) groups excluding carboxylic acids is 2. The number of aliphatic hydroxyl groups excluding tert-OH is 1. The van der Waals surface area contributed by atoms with Crippen LogP contribution in [0.3, 0.4) is 0 Å². The van der Waals surface area contributed by atoms with Crippen LogP contribution in [0.15, 0.2) is 24.3 Å². The molecule has 0 saturated carbocycles. The van der Waals surface area contributed by atoms with Crippen molar-refractivity contribution in [3.63, 3.8) is 0 Å². The average Bonchev–Trinajstić information content (AvgIpc) is 2.85. The van der Waals surface area contributed by atoms with E-state index in [2.05, 4.69) is 10.6 Å². The van der Waals surface area contributed by atoms with Gasteiger partial charge in [-0.15, -0.1) is 0 Å². The van der Waals surface area contributed by atoms with E-state index < -0.39 is 6.10 Å². The molecule has 0 spiro atoms. The van der Waals surface area contributed by atoms with Gasteiger partial charge in [-0.1, -0.05) is 6.07 Å². The molecular weight excluding hydrogens is 286 g/mol. The summed E-state index contributed by atoms with van der Waals surface area (Å²) in [6.07, 6.45) is -0.358. The molecule has 120 valence electrons. The van der Waals surface area contributed by atoms with Gasteiger partial charge in [-0.3, -0.25) is 4.79 Å². The van der Waals surface area contributed by atoms with E-state index in [4.69, 9.17) is 9.84 Å². The summed E-state index contributed by atoms with van der Waals surface area (Å²) in [6.45, 7) is 2.17. The number of carbonyl (C=O) groups is 2. The van der Waals surface area contributed by atoms with Crippen molar-refractivity contribution in [3.05, 3.63) is 24.3 Å². The maximum Gasteiger partial charge on any atom is 0.315 e. The van der Waals surface area contributed by atoms with E-state index in [9.17, 15) is 9.59 Å². The first-order valence-corrected chi connectivity index (χ1v) is 7.16. The van der Waals surface area contributed by atoms with E-state index in [1.165, 1.54) is 0 Å². The van der Waals surface area contributed by atoms with E-state index >= 15 is 0 Å². The van der Waals surface area contributed by atoms with Crippen LogP contribution in [0.25, 0.3) is 0 Å². The second-order valence-corrected chi connectivity index (χ2v) is 5.31. The number of nitrogens with zero attached hydrogens (tertiary/aromatic N) is 1. The largest absolute Gasteiger partial charge is 0.497 e. The molecule has 1 aromatic carbocycles. The molecule has 2 atom stereocenters. The maximum atomic E-state index is 12.1. The molecule has 1 aromatic rings. The standard InChI is InChI=1S/C15H21N3O4/c1-10(19)8-16-15(21)17-11-6-14(20)18(9-11)12-4-3-5-13(7-12)22-2/h3-5,7,10-11,19H,6,8-9H2,1-2H3,(H2,16,17,21). The van der Waals surface area contributed by atoms with Gasteiger partial charge in [0.15, 0.2) is 0 Å². The highest BCUT2D eigenvalue weighted by molar-refractivity contribution is 5.97. The number of nitrogens with one attached hydrogen (secondary N) is 2. The van der Waals surface area contributed by atoms with Gasteiger partial charge in [-0.25, -0.2) is 4.79 Å². The molecular formula is C15H21N3O4. The number of hydrogen-bond donors (Lipinski definition) is 3. The lowest BCUT2D eigenvalue weighted by Gasteiger charge is -2.18. The first-order chi connectivity index (χ1) is 10.5. The second-order valence-electron chi connectivity index (χ2n) is 5.31. The van der Waals surface area contributed by atoms with Crippen molar-refractivity contribution in [2.75, 3.05) is 25.1 Å². The molecule has 1 aliphatic heterocycles. The van der Waals surface area contributed by atoms with Gasteiger partial charge >= 0.3 is 6.03 Å². The second kappa shape index (κ2) is 7.13. The zero-order valence-corrected chi connectivity index (χ0v) is 12.7. The fourth-order valence-electron chi connectivity index (χ4n) is 2.31. The Balaban J connectivity index is 1.94. The Hall–Kier alpha value is -2.28. The van der Waals surface area contributed by atoms with E-state index in [1.807, 2.05) is 18.2 Å². The molecule has 0 bridgehead atoms. The van der Waals surface area contributed by atoms with Crippen molar-refractivity contribution in [2.45, 2.75) is 25.5 Å². The third-order valence-corrected chi connectivity index (χ3v) is 3.38. The first kappa shape index (κ1) is 16.1. The van der Waals surface area contributed by atoms with Gasteiger partial charge in [0.1, 0.15) is 5.75 Å². The summed E-state index contributed by atoms with van der Waals surface area (Å²) in [5.74, 6) is 0.630. The minimum Gasteiger partial charge on any atom is -0.497 e. The highest BCUT2D eigenvalue weighted by Crippen LogP contribution is 2.25. The minimum atomic E-state index is -0.607. The van der Waals surface area contributed by atoms with Crippen molar-refractivity contribution in [1.29, 1.82) is 0 Å². The monoisotopic (exact) mass is 307 g/mol. The van der Waals surface area contributed by atoms with Crippen molar-refractivity contribution < 1.29 is 19.4 Å². The van der Waals surface area contributed by atoms with Crippen LogP contribution in [0.1, 0.15) is 13.3 Å². The van der Waals surface area contributed by atoms with Crippen molar-refractivity contribution in [2.24, 2.45) is 0 Å². The fraction of sp³-hybridized carbons (Fsp3) is 0.467. The topological polar surface area (TPSA) is 90.9 Å². The van der Waals surface area contributed by atoms with Crippen molar-refractivity contribution in [1.82, 2.24) is 10.6 Å². The predicted molar refractivity (Wildman–Crippen MR) is 82.0 cm³/mol. The Kier molecular flexibility index (Phi) is 5.21. The SMILES string of the molecule is COc1cccc(N2CC(NC(=O)NCC(C)O)CC2=O)c1. The minimum absolute atomic E-state index is 0.0471. The number of aliphatic hydroxyl groups is 1. The third-order valence-electron chi connectivity index (χ3n) is 3.38. The van der Waals surface area contributed by atoms with E-state index in [-0.39, 0.29) is 30.9 Å². The number of urea groups is 1. The van der Waals surface area contributed by atoms with Crippen LogP contribution in [0.2, 0.25) is 0 Å². The number of methoxy groups -OCH3 is 1. The van der Waals surface area contributed by atoms with Gasteiger partial charge in [0.2, 0.25) is 5.91 Å². The Morgan fingerprint density at radius 2 is 2.32 bits per heavy atom. The molecule has 3 N–H and O–H groups in total. The lowest BCUT2D eigenvalue weighted by atomic mass is 10.2. The van der Waals surface area contributed by atoms with Gasteiger partial charge in [-0.05, 0) is 19.1 Å². The average molecular weight is 307 g/mol. The number of benzene rings is 1. The van der Waals surface area contributed by atoms with Gasteiger partial charge in [0.05, 0.1) is 19.3 Å². The van der Waals surface area contributed by atoms with Crippen LogP contribution in [-0.4, -0.2) is 49.4 Å². The van der Waals surface area contributed by atoms with Gasteiger partial charge in [0, 0.05) is 31.3 Å². The molecule has 0 aromatic heterocycles. The molecule has 0 aliphatic carbocycles. The molecule has 1 aliphatic rings. The lowest BCUT2D eigenvalue weighted by Crippen LogP contribution is -2.45. The summed E-state index contributed by atoms with van der Waals surface area (Å²) in [4.78, 5) is 25.4. The highest BCUT2D eigenvalue weighted by Gasteiger charge is 2.31. The summed E-state index contributed by atoms with van der Waals surface area (Å²) in [6, 6.07) is 6.60. The molecule has 1 fully saturated rings. The Morgan fingerprint density at radius 1 is 1.55 bits per heavy atom. The third kappa shape index (κ3) is 4.11. The molecule has 2 unspecified atom stereocenters. The molecule has 3 amide bonds. The quantitative estimate of drug-likeness (QED) is 0.738. The van der Waals surface area contributed by atoms with Crippen LogP contribution in [0, 0.1) is 0 Å². The first-order valence-electron chi connectivity index (χ1n) is 7.16. The van der Waals surface area contributed by atoms with Crippen LogP contribution in [-0.2, 0) is 4.79 Å². The molecule has 7 nitrogen and oxygen atoms in total. The summed E-state index contributed by atoms with van der Waals surface area (Å²) >= 11 is 0. The van der Waals surface area contributed by atoms with Gasteiger partial charge in [-0.2, -0.15) is 0 Å². The Labute approximate surface area is 129 Å². The summed E-state index contributed by atoms with van der Waals surface area (Å²) in [5, 5.41) is 14.4. The molecule has 1 heterocycles. The molecule has 22 heavy (non-hydrogen) atoms. The van der Waals surface area contributed by atoms with E-state index in [0.717, 1.165) is 5.69 Å². The summed E-state index contributed by atoms with van der Waals surface area (Å²) in [7, 11) is 1.57. The zero-order valence-electron chi connectivity index (χ0n) is 12.7. The van der Waals surface area contributed by atoms with Gasteiger partial charge < -0.3 is 25.4 Å². The number of ether oxygens (including phenoxy) is 1. The number of anilines is 1.